The second kappa shape index (κ2) is 8.34. The average molecular weight is 354 g/mol. The number of nitrogens with zero attached hydrogens (tertiary/aromatic N) is 1. The van der Waals surface area contributed by atoms with E-state index >= 15 is 0 Å². The fraction of sp³-hybridized carbons (Fsp3) is 0.381. The predicted molar refractivity (Wildman–Crippen MR) is 103 cm³/mol. The lowest BCUT2D eigenvalue weighted by Crippen LogP contribution is -2.36. The molecule has 2 N–H and O–H groups in total. The summed E-state index contributed by atoms with van der Waals surface area (Å²) in [7, 11) is 0. The van der Waals surface area contributed by atoms with Crippen LogP contribution in [0.2, 0.25) is 0 Å². The van der Waals surface area contributed by atoms with E-state index in [4.69, 9.17) is 4.74 Å². The predicted octanol–water partition coefficient (Wildman–Crippen LogP) is 2.60. The fourth-order valence-electron chi connectivity index (χ4n) is 3.20. The van der Waals surface area contributed by atoms with Crippen LogP contribution in [0.15, 0.2) is 42.5 Å². The van der Waals surface area contributed by atoms with Gasteiger partial charge < -0.3 is 20.1 Å². The number of benzene rings is 2. The van der Waals surface area contributed by atoms with Crippen LogP contribution in [0.3, 0.4) is 0 Å². The zero-order valence-electron chi connectivity index (χ0n) is 15.4. The monoisotopic (exact) mass is 354 g/mol. The first-order chi connectivity index (χ1) is 12.5. The van der Waals surface area contributed by atoms with Crippen LogP contribution in [0.1, 0.15) is 33.2 Å². The normalized spacial score (nSPS) is 15.6. The molecule has 0 saturated carbocycles. The summed E-state index contributed by atoms with van der Waals surface area (Å²) in [6.07, 6.45) is -0.733. The van der Waals surface area contributed by atoms with Gasteiger partial charge in [0.15, 0.2) is 0 Å². The van der Waals surface area contributed by atoms with Crippen LogP contribution in [0, 0.1) is 13.8 Å². The lowest BCUT2D eigenvalue weighted by Gasteiger charge is -2.29. The molecule has 1 aliphatic rings. The molecule has 2 aromatic rings. The average Bonchev–Trinajstić information content (AvgIpc) is 2.66. The van der Waals surface area contributed by atoms with Gasteiger partial charge in [-0.25, -0.2) is 0 Å². The lowest BCUT2D eigenvalue weighted by molar-refractivity contribution is 0.0915. The van der Waals surface area contributed by atoms with E-state index in [1.54, 1.807) is 0 Å². The molecule has 3 rings (SSSR count). The Morgan fingerprint density at radius 2 is 1.85 bits per heavy atom. The summed E-state index contributed by atoms with van der Waals surface area (Å²) in [6, 6.07) is 13.6. The molecule has 1 atom stereocenters. The van der Waals surface area contributed by atoms with Crippen LogP contribution >= 0.6 is 0 Å². The molecule has 1 fully saturated rings. The molecular weight excluding hydrogens is 328 g/mol. The molecule has 1 amide bonds. The van der Waals surface area contributed by atoms with Crippen molar-refractivity contribution in [2.24, 2.45) is 0 Å². The third kappa shape index (κ3) is 4.42. The van der Waals surface area contributed by atoms with E-state index in [1.165, 1.54) is 0 Å². The van der Waals surface area contributed by atoms with Crippen LogP contribution < -0.4 is 10.2 Å². The molecule has 1 saturated heterocycles. The van der Waals surface area contributed by atoms with Crippen molar-refractivity contribution < 1.29 is 14.6 Å². The number of morpholine rings is 1. The number of hydrogen-bond donors (Lipinski definition) is 2. The third-order valence-corrected chi connectivity index (χ3v) is 4.74. The SMILES string of the molecule is Cc1ccc(C(=O)NCC(O)c2ccc(N3CCOCC3)cc2)c(C)c1. The zero-order valence-corrected chi connectivity index (χ0v) is 15.4. The summed E-state index contributed by atoms with van der Waals surface area (Å²) in [5.41, 5.74) is 4.63. The maximum atomic E-state index is 12.3. The van der Waals surface area contributed by atoms with Crippen molar-refractivity contribution in [3.05, 3.63) is 64.7 Å². The Bertz CT molecular complexity index is 752. The quantitative estimate of drug-likeness (QED) is 0.866. The number of rotatable bonds is 5. The Morgan fingerprint density at radius 3 is 2.50 bits per heavy atom. The number of ether oxygens (including phenoxy) is 1. The molecule has 2 aromatic carbocycles. The van der Waals surface area contributed by atoms with Crippen molar-refractivity contribution in [1.29, 1.82) is 0 Å². The van der Waals surface area contributed by atoms with Gasteiger partial charge in [-0.1, -0.05) is 29.8 Å². The third-order valence-electron chi connectivity index (χ3n) is 4.74. The summed E-state index contributed by atoms with van der Waals surface area (Å²) in [5.74, 6) is -0.161. The number of aliphatic hydroxyl groups is 1. The van der Waals surface area contributed by atoms with Crippen LogP contribution in [0.5, 0.6) is 0 Å². The molecule has 1 unspecified atom stereocenters. The number of carbonyl (C=O) groups excluding carboxylic acids is 1. The number of carbonyl (C=O) groups is 1. The summed E-state index contributed by atoms with van der Waals surface area (Å²) >= 11 is 0. The van der Waals surface area contributed by atoms with Gasteiger partial charge in [0.25, 0.3) is 5.91 Å². The Hall–Kier alpha value is -2.37. The van der Waals surface area contributed by atoms with Gasteiger partial charge in [0.05, 0.1) is 19.3 Å². The van der Waals surface area contributed by atoms with Crippen molar-refractivity contribution in [2.75, 3.05) is 37.7 Å². The van der Waals surface area contributed by atoms with Crippen LogP contribution in [-0.4, -0.2) is 43.9 Å². The number of amides is 1. The van der Waals surface area contributed by atoms with E-state index in [0.29, 0.717) is 5.56 Å². The lowest BCUT2D eigenvalue weighted by atomic mass is 10.0. The second-order valence-electron chi connectivity index (χ2n) is 6.74. The van der Waals surface area contributed by atoms with Crippen molar-refractivity contribution in [3.8, 4) is 0 Å². The molecule has 0 spiro atoms. The number of nitrogens with one attached hydrogen (secondary N) is 1. The molecular formula is C21H26N2O3. The van der Waals surface area contributed by atoms with Gasteiger partial charge >= 0.3 is 0 Å². The first kappa shape index (κ1) is 18.4. The molecule has 0 aliphatic carbocycles. The molecule has 5 nitrogen and oxygen atoms in total. The van der Waals surface area contributed by atoms with E-state index in [9.17, 15) is 9.90 Å². The highest BCUT2D eigenvalue weighted by atomic mass is 16.5. The minimum absolute atomic E-state index is 0.161. The van der Waals surface area contributed by atoms with Crippen LogP contribution in [-0.2, 0) is 4.74 Å². The molecule has 1 heterocycles. The highest BCUT2D eigenvalue weighted by molar-refractivity contribution is 5.95. The minimum Gasteiger partial charge on any atom is -0.387 e. The fourth-order valence-corrected chi connectivity index (χ4v) is 3.20. The minimum atomic E-state index is -0.733. The molecule has 0 bridgehead atoms. The standard InChI is InChI=1S/C21H26N2O3/c1-15-3-8-19(16(2)13-15)21(25)22-14-20(24)17-4-6-18(7-5-17)23-9-11-26-12-10-23/h3-8,13,20,24H,9-12,14H2,1-2H3,(H,22,25). The van der Waals surface area contributed by atoms with Crippen molar-refractivity contribution >= 4 is 11.6 Å². The van der Waals surface area contributed by atoms with Crippen molar-refractivity contribution in [3.63, 3.8) is 0 Å². The Morgan fingerprint density at radius 1 is 1.15 bits per heavy atom. The highest BCUT2D eigenvalue weighted by Gasteiger charge is 2.14. The number of aliphatic hydroxyl groups excluding tert-OH is 1. The van der Waals surface area contributed by atoms with Crippen LogP contribution in [0.4, 0.5) is 5.69 Å². The molecule has 0 aromatic heterocycles. The van der Waals surface area contributed by atoms with Crippen molar-refractivity contribution in [2.45, 2.75) is 20.0 Å². The summed E-state index contributed by atoms with van der Waals surface area (Å²) in [6.45, 7) is 7.36. The Balaban J connectivity index is 1.57. The molecule has 1 aliphatic heterocycles. The number of hydrogen-bond acceptors (Lipinski definition) is 4. The Labute approximate surface area is 154 Å². The van der Waals surface area contributed by atoms with Crippen molar-refractivity contribution in [1.82, 2.24) is 5.32 Å². The molecule has 138 valence electrons. The van der Waals surface area contributed by atoms with Gasteiger partial charge in [0, 0.05) is 30.9 Å². The summed E-state index contributed by atoms with van der Waals surface area (Å²) < 4.78 is 5.37. The summed E-state index contributed by atoms with van der Waals surface area (Å²) in [4.78, 5) is 14.6. The van der Waals surface area contributed by atoms with E-state index in [-0.39, 0.29) is 12.5 Å². The molecule has 0 radical (unpaired) electrons. The summed E-state index contributed by atoms with van der Waals surface area (Å²) in [5, 5.41) is 13.2. The zero-order chi connectivity index (χ0) is 18.5. The maximum Gasteiger partial charge on any atom is 0.251 e. The maximum absolute atomic E-state index is 12.3. The van der Waals surface area contributed by atoms with Gasteiger partial charge in [-0.3, -0.25) is 4.79 Å². The van der Waals surface area contributed by atoms with E-state index in [2.05, 4.69) is 10.2 Å². The first-order valence-corrected chi connectivity index (χ1v) is 9.01. The number of aryl methyl sites for hydroxylation is 2. The van der Waals surface area contributed by atoms with Gasteiger partial charge in [0.2, 0.25) is 0 Å². The topological polar surface area (TPSA) is 61.8 Å². The number of anilines is 1. The smallest absolute Gasteiger partial charge is 0.251 e. The molecule has 5 heteroatoms. The Kier molecular flexibility index (Phi) is 5.91. The highest BCUT2D eigenvalue weighted by Crippen LogP contribution is 2.20. The van der Waals surface area contributed by atoms with E-state index < -0.39 is 6.10 Å². The van der Waals surface area contributed by atoms with Gasteiger partial charge in [-0.05, 0) is 43.2 Å². The van der Waals surface area contributed by atoms with E-state index in [0.717, 1.165) is 48.7 Å². The van der Waals surface area contributed by atoms with Gasteiger partial charge in [0.1, 0.15) is 0 Å². The van der Waals surface area contributed by atoms with E-state index in [1.807, 2.05) is 56.3 Å². The first-order valence-electron chi connectivity index (χ1n) is 9.01. The van der Waals surface area contributed by atoms with Gasteiger partial charge in [-0.2, -0.15) is 0 Å². The second-order valence-corrected chi connectivity index (χ2v) is 6.74. The molecule has 26 heavy (non-hydrogen) atoms. The van der Waals surface area contributed by atoms with Gasteiger partial charge in [-0.15, -0.1) is 0 Å². The largest absolute Gasteiger partial charge is 0.387 e. The van der Waals surface area contributed by atoms with Crippen LogP contribution in [0.25, 0.3) is 0 Å².